The van der Waals surface area contributed by atoms with E-state index in [1.165, 1.54) is 0 Å². The lowest BCUT2D eigenvalue weighted by Gasteiger charge is -2.22. The third-order valence-corrected chi connectivity index (χ3v) is 4.44. The Hall–Kier alpha value is -1.73. The maximum absolute atomic E-state index is 13.2. The fraction of sp³-hybridized carbons (Fsp3) is 0.368. The molecule has 5 nitrogen and oxygen atoms in total. The predicted molar refractivity (Wildman–Crippen MR) is 105 cm³/mol. The van der Waals surface area contributed by atoms with E-state index in [4.69, 9.17) is 23.2 Å². The summed E-state index contributed by atoms with van der Waals surface area (Å²) in [5.41, 5.74) is 3.26. The van der Waals surface area contributed by atoms with Gasteiger partial charge in [0.1, 0.15) is 12.8 Å². The molecule has 2 atom stereocenters. The number of benzene rings is 1. The van der Waals surface area contributed by atoms with Gasteiger partial charge in [0.15, 0.2) is 4.84 Å². The van der Waals surface area contributed by atoms with E-state index in [9.17, 15) is 14.3 Å². The number of alkyl halides is 3. The minimum absolute atomic E-state index is 0.471. The molecule has 1 aromatic heterocycles. The van der Waals surface area contributed by atoms with Crippen molar-refractivity contribution in [3.63, 3.8) is 0 Å². The van der Waals surface area contributed by atoms with Crippen LogP contribution in [0.15, 0.2) is 42.6 Å². The van der Waals surface area contributed by atoms with Crippen molar-refractivity contribution in [3.05, 3.63) is 53.9 Å². The summed E-state index contributed by atoms with van der Waals surface area (Å²) < 4.78 is 13.2. The fourth-order valence-corrected chi connectivity index (χ4v) is 2.63. The van der Waals surface area contributed by atoms with Gasteiger partial charge in [-0.3, -0.25) is 9.78 Å². The smallest absolute Gasteiger partial charge is 0.253 e. The molecule has 0 unspecified atom stereocenters. The number of aromatic nitrogens is 1. The van der Waals surface area contributed by atoms with Crippen LogP contribution in [0.2, 0.25) is 0 Å². The number of nitrogens with zero attached hydrogens (tertiary/aromatic N) is 1. The van der Waals surface area contributed by atoms with E-state index in [1.807, 2.05) is 31.2 Å². The molecule has 8 heteroatoms. The van der Waals surface area contributed by atoms with Gasteiger partial charge in [0.2, 0.25) is 0 Å². The van der Waals surface area contributed by atoms with E-state index in [2.05, 4.69) is 15.6 Å². The third-order valence-electron chi connectivity index (χ3n) is 4.04. The predicted octanol–water partition coefficient (Wildman–Crippen LogP) is 3.15. The zero-order valence-electron chi connectivity index (χ0n) is 14.8. The molecule has 0 aliphatic carbocycles. The van der Waals surface area contributed by atoms with Crippen molar-refractivity contribution in [2.75, 3.05) is 13.2 Å². The molecule has 3 N–H and O–H groups in total. The SMILES string of the molecule is CCNCc1ccc(-c2ccc([C@@H](O)[C@@H](CF)NC(=O)C(Cl)Cl)cc2)cn1. The van der Waals surface area contributed by atoms with Crippen molar-refractivity contribution < 1.29 is 14.3 Å². The summed E-state index contributed by atoms with van der Waals surface area (Å²) >= 11 is 10.9. The van der Waals surface area contributed by atoms with Crippen LogP contribution in [-0.2, 0) is 11.3 Å². The van der Waals surface area contributed by atoms with Crippen LogP contribution < -0.4 is 10.6 Å². The second kappa shape index (κ2) is 10.6. The molecular weight excluding hydrogens is 392 g/mol. The van der Waals surface area contributed by atoms with Crippen molar-refractivity contribution in [1.29, 1.82) is 0 Å². The van der Waals surface area contributed by atoms with E-state index in [1.54, 1.807) is 18.3 Å². The van der Waals surface area contributed by atoms with Crippen LogP contribution in [0.3, 0.4) is 0 Å². The lowest BCUT2D eigenvalue weighted by molar-refractivity contribution is -0.121. The van der Waals surface area contributed by atoms with Crippen molar-refractivity contribution in [3.8, 4) is 11.1 Å². The Morgan fingerprint density at radius 1 is 1.19 bits per heavy atom. The molecule has 146 valence electrons. The largest absolute Gasteiger partial charge is 0.386 e. The van der Waals surface area contributed by atoms with Gasteiger partial charge < -0.3 is 15.7 Å². The number of carbonyl (C=O) groups excluding carboxylic acids is 1. The topological polar surface area (TPSA) is 74.2 Å². The summed E-state index contributed by atoms with van der Waals surface area (Å²) in [6.45, 7) is 2.67. The molecule has 1 amide bonds. The average Bonchev–Trinajstić information content (AvgIpc) is 2.70. The highest BCUT2D eigenvalue weighted by molar-refractivity contribution is 6.53. The number of aliphatic hydroxyl groups excluding tert-OH is 1. The molecule has 0 saturated carbocycles. The van der Waals surface area contributed by atoms with Gasteiger partial charge in [-0.15, -0.1) is 0 Å². The highest BCUT2D eigenvalue weighted by Gasteiger charge is 2.25. The number of amides is 1. The normalized spacial score (nSPS) is 13.4. The van der Waals surface area contributed by atoms with Gasteiger partial charge in [0.25, 0.3) is 5.91 Å². The second-order valence-corrected chi connectivity index (χ2v) is 7.05. The molecule has 1 aromatic carbocycles. The van der Waals surface area contributed by atoms with Crippen LogP contribution in [0.1, 0.15) is 24.3 Å². The standard InChI is InChI=1S/C19H22Cl2FN3O2/c1-2-23-11-15-8-7-14(10-24-15)12-3-5-13(6-4-12)17(26)16(9-22)25-19(27)18(20)21/h3-8,10,16-18,23,26H,2,9,11H2,1H3,(H,25,27)/t16-,17-/m1/s1. The molecule has 0 saturated heterocycles. The average molecular weight is 414 g/mol. The Kier molecular flexibility index (Phi) is 8.44. The number of rotatable bonds is 9. The minimum atomic E-state index is -1.32. The van der Waals surface area contributed by atoms with Gasteiger partial charge in [-0.05, 0) is 23.7 Å². The Bertz CT molecular complexity index is 727. The summed E-state index contributed by atoms with van der Waals surface area (Å²) in [5.74, 6) is -0.750. The van der Waals surface area contributed by atoms with Crippen LogP contribution in [0.4, 0.5) is 4.39 Å². The van der Waals surface area contributed by atoms with Crippen LogP contribution in [0, 0.1) is 0 Å². The van der Waals surface area contributed by atoms with Crippen molar-refractivity contribution in [1.82, 2.24) is 15.6 Å². The maximum atomic E-state index is 13.2. The number of halogens is 3. The molecule has 0 radical (unpaired) electrons. The van der Waals surface area contributed by atoms with E-state index in [0.29, 0.717) is 12.1 Å². The number of pyridine rings is 1. The van der Waals surface area contributed by atoms with Gasteiger partial charge in [-0.1, -0.05) is 60.5 Å². The number of hydrogen-bond donors (Lipinski definition) is 3. The van der Waals surface area contributed by atoms with Gasteiger partial charge in [0.05, 0.1) is 11.7 Å². The van der Waals surface area contributed by atoms with Gasteiger partial charge >= 0.3 is 0 Å². The van der Waals surface area contributed by atoms with Crippen molar-refractivity contribution >= 4 is 29.1 Å². The second-order valence-electron chi connectivity index (χ2n) is 5.96. The third kappa shape index (κ3) is 6.14. The number of hydrogen-bond acceptors (Lipinski definition) is 4. The van der Waals surface area contributed by atoms with E-state index < -0.39 is 29.6 Å². The zero-order chi connectivity index (χ0) is 19.8. The minimum Gasteiger partial charge on any atom is -0.386 e. The summed E-state index contributed by atoms with van der Waals surface area (Å²) in [6.07, 6.45) is 0.560. The van der Waals surface area contributed by atoms with Crippen LogP contribution >= 0.6 is 23.2 Å². The molecule has 0 aliphatic rings. The lowest BCUT2D eigenvalue weighted by Crippen LogP contribution is -2.43. The Labute approximate surface area is 167 Å². The lowest BCUT2D eigenvalue weighted by atomic mass is 9.99. The van der Waals surface area contributed by atoms with Gasteiger partial charge in [-0.2, -0.15) is 0 Å². The summed E-state index contributed by atoms with van der Waals surface area (Å²) in [4.78, 5) is 14.6. The molecule has 0 fully saturated rings. The van der Waals surface area contributed by atoms with Crippen LogP contribution in [0.5, 0.6) is 0 Å². The quantitative estimate of drug-likeness (QED) is 0.552. The van der Waals surface area contributed by atoms with Crippen LogP contribution in [-0.4, -0.2) is 40.1 Å². The first-order chi connectivity index (χ1) is 13.0. The maximum Gasteiger partial charge on any atom is 0.253 e. The molecule has 2 rings (SSSR count). The van der Waals surface area contributed by atoms with Gasteiger partial charge in [-0.25, -0.2) is 4.39 Å². The Balaban J connectivity index is 2.08. The van der Waals surface area contributed by atoms with Gasteiger partial charge in [0, 0.05) is 18.3 Å². The molecule has 0 aliphatic heterocycles. The molecule has 0 bridgehead atoms. The van der Waals surface area contributed by atoms with Crippen molar-refractivity contribution in [2.45, 2.75) is 30.5 Å². The van der Waals surface area contributed by atoms with Crippen LogP contribution in [0.25, 0.3) is 11.1 Å². The molecule has 1 heterocycles. The summed E-state index contributed by atoms with van der Waals surface area (Å²) in [7, 11) is 0. The van der Waals surface area contributed by atoms with E-state index in [0.717, 1.165) is 23.4 Å². The van der Waals surface area contributed by atoms with Crippen molar-refractivity contribution in [2.24, 2.45) is 0 Å². The molecule has 0 spiro atoms. The molecule has 2 aromatic rings. The first kappa shape index (κ1) is 21.6. The number of aliphatic hydroxyl groups is 1. The number of carbonyl (C=O) groups is 1. The molecular formula is C19H22Cl2FN3O2. The van der Waals surface area contributed by atoms with E-state index in [-0.39, 0.29) is 0 Å². The summed E-state index contributed by atoms with van der Waals surface area (Å²) in [5, 5.41) is 15.8. The monoisotopic (exact) mass is 413 g/mol. The molecule has 27 heavy (non-hydrogen) atoms. The number of nitrogens with one attached hydrogen (secondary N) is 2. The fourth-order valence-electron chi connectivity index (χ4n) is 2.51. The highest BCUT2D eigenvalue weighted by Crippen LogP contribution is 2.24. The first-order valence-corrected chi connectivity index (χ1v) is 9.42. The summed E-state index contributed by atoms with van der Waals surface area (Å²) in [6, 6.07) is 9.77. The Morgan fingerprint density at radius 3 is 2.37 bits per heavy atom. The van der Waals surface area contributed by atoms with E-state index >= 15 is 0 Å². The highest BCUT2D eigenvalue weighted by atomic mass is 35.5. The Morgan fingerprint density at radius 2 is 1.85 bits per heavy atom. The zero-order valence-corrected chi connectivity index (χ0v) is 16.3. The first-order valence-electron chi connectivity index (χ1n) is 8.54.